The molecule has 1 heterocycles. The molecule has 2 unspecified atom stereocenters. The lowest BCUT2D eigenvalue weighted by Gasteiger charge is -2.35. The fraction of sp³-hybridized carbons (Fsp3) is 1.00. The molecule has 0 saturated carbocycles. The van der Waals surface area contributed by atoms with Gasteiger partial charge in [0, 0.05) is 18.7 Å². The van der Waals surface area contributed by atoms with E-state index < -0.39 is 0 Å². The summed E-state index contributed by atoms with van der Waals surface area (Å²) in [4.78, 5) is 0. The Morgan fingerprint density at radius 3 is 2.47 bits per heavy atom. The monoisotopic (exact) mass is 213 g/mol. The molecular formula is C13H27NO. The van der Waals surface area contributed by atoms with Crippen molar-refractivity contribution in [2.45, 2.75) is 71.6 Å². The minimum absolute atomic E-state index is 0.491. The van der Waals surface area contributed by atoms with Crippen LogP contribution >= 0.6 is 0 Å². The van der Waals surface area contributed by atoms with Gasteiger partial charge in [0.1, 0.15) is 0 Å². The van der Waals surface area contributed by atoms with Gasteiger partial charge in [-0.1, -0.05) is 40.5 Å². The first-order chi connectivity index (χ1) is 7.17. The van der Waals surface area contributed by atoms with Crippen LogP contribution in [-0.4, -0.2) is 24.8 Å². The molecule has 0 aliphatic carbocycles. The highest BCUT2D eigenvalue weighted by atomic mass is 16.5. The topological polar surface area (TPSA) is 21.3 Å². The van der Waals surface area contributed by atoms with E-state index in [2.05, 4.69) is 33.0 Å². The highest BCUT2D eigenvalue weighted by Crippen LogP contribution is 2.25. The highest BCUT2D eigenvalue weighted by Gasteiger charge is 2.27. The van der Waals surface area contributed by atoms with Crippen LogP contribution in [0.2, 0.25) is 0 Å². The van der Waals surface area contributed by atoms with Crippen LogP contribution in [0.5, 0.6) is 0 Å². The Labute approximate surface area is 94.8 Å². The third kappa shape index (κ3) is 4.12. The summed E-state index contributed by atoms with van der Waals surface area (Å²) in [5.74, 6) is 0.752. The smallest absolute Gasteiger partial charge is 0.0617 e. The summed E-state index contributed by atoms with van der Waals surface area (Å²) in [6.07, 6.45) is 5.36. The van der Waals surface area contributed by atoms with E-state index in [4.69, 9.17) is 4.74 Å². The molecular weight excluding hydrogens is 186 g/mol. The third-order valence-electron chi connectivity index (χ3n) is 3.46. The van der Waals surface area contributed by atoms with Crippen LogP contribution in [0.1, 0.15) is 53.4 Å². The van der Waals surface area contributed by atoms with Crippen molar-refractivity contribution in [3.8, 4) is 0 Å². The Balaban J connectivity index is 2.40. The lowest BCUT2D eigenvalue weighted by molar-refractivity contribution is -0.0357. The zero-order valence-corrected chi connectivity index (χ0v) is 10.8. The molecule has 0 amide bonds. The van der Waals surface area contributed by atoms with E-state index in [9.17, 15) is 0 Å². The molecule has 0 aromatic rings. The zero-order chi connectivity index (χ0) is 11.3. The van der Waals surface area contributed by atoms with Gasteiger partial charge >= 0.3 is 0 Å². The van der Waals surface area contributed by atoms with Crippen LogP contribution in [0.25, 0.3) is 0 Å². The molecule has 0 bridgehead atoms. The summed E-state index contributed by atoms with van der Waals surface area (Å²) in [5, 5.41) is 3.63. The van der Waals surface area contributed by atoms with Gasteiger partial charge in [-0.25, -0.2) is 0 Å². The minimum Gasteiger partial charge on any atom is -0.378 e. The summed E-state index contributed by atoms with van der Waals surface area (Å²) < 4.78 is 5.89. The molecule has 90 valence electrons. The summed E-state index contributed by atoms with van der Waals surface area (Å²) >= 11 is 0. The van der Waals surface area contributed by atoms with Crippen LogP contribution in [0, 0.1) is 5.92 Å². The molecule has 1 rings (SSSR count). The summed E-state index contributed by atoms with van der Waals surface area (Å²) in [7, 11) is 0. The van der Waals surface area contributed by atoms with Crippen molar-refractivity contribution in [1.82, 2.24) is 5.32 Å². The van der Waals surface area contributed by atoms with Crippen molar-refractivity contribution in [2.24, 2.45) is 5.92 Å². The van der Waals surface area contributed by atoms with Gasteiger partial charge in [0.15, 0.2) is 0 Å². The predicted molar refractivity (Wildman–Crippen MR) is 65.1 cm³/mol. The van der Waals surface area contributed by atoms with Crippen molar-refractivity contribution in [1.29, 1.82) is 0 Å². The van der Waals surface area contributed by atoms with Gasteiger partial charge in [-0.15, -0.1) is 0 Å². The lowest BCUT2D eigenvalue weighted by Crippen LogP contribution is -2.44. The average molecular weight is 213 g/mol. The first-order valence-electron chi connectivity index (χ1n) is 6.55. The van der Waals surface area contributed by atoms with Gasteiger partial charge in [-0.3, -0.25) is 0 Å². The second-order valence-corrected chi connectivity index (χ2v) is 5.03. The molecule has 2 atom stereocenters. The maximum absolute atomic E-state index is 5.89. The molecule has 1 N–H and O–H groups in total. The minimum atomic E-state index is 0.491. The maximum Gasteiger partial charge on any atom is 0.0617 e. The molecule has 0 aromatic carbocycles. The van der Waals surface area contributed by atoms with E-state index in [0.717, 1.165) is 12.5 Å². The molecule has 15 heavy (non-hydrogen) atoms. The van der Waals surface area contributed by atoms with E-state index in [1.807, 2.05) is 0 Å². The van der Waals surface area contributed by atoms with Gasteiger partial charge in [0.25, 0.3) is 0 Å². The van der Waals surface area contributed by atoms with Crippen molar-refractivity contribution in [2.75, 3.05) is 6.61 Å². The highest BCUT2D eigenvalue weighted by molar-refractivity contribution is 4.81. The Morgan fingerprint density at radius 1 is 1.27 bits per heavy atom. The molecule has 1 aliphatic heterocycles. The SMILES string of the molecule is CCC(CC)C1CC(NC(C)C)CCO1. The van der Waals surface area contributed by atoms with Crippen LogP contribution in [0.15, 0.2) is 0 Å². The Morgan fingerprint density at radius 2 is 1.93 bits per heavy atom. The fourth-order valence-corrected chi connectivity index (χ4v) is 2.59. The van der Waals surface area contributed by atoms with Gasteiger partial charge in [0.2, 0.25) is 0 Å². The number of ether oxygens (including phenoxy) is 1. The third-order valence-corrected chi connectivity index (χ3v) is 3.46. The summed E-state index contributed by atoms with van der Waals surface area (Å²) in [5.41, 5.74) is 0. The maximum atomic E-state index is 5.89. The molecule has 1 aliphatic rings. The van der Waals surface area contributed by atoms with E-state index in [1.54, 1.807) is 0 Å². The molecule has 1 fully saturated rings. The van der Waals surface area contributed by atoms with Crippen molar-refractivity contribution >= 4 is 0 Å². The standard InChI is InChI=1S/C13H27NO/c1-5-11(6-2)13-9-12(7-8-15-13)14-10(3)4/h10-14H,5-9H2,1-4H3. The van der Waals surface area contributed by atoms with E-state index in [1.165, 1.54) is 25.7 Å². The van der Waals surface area contributed by atoms with Crippen LogP contribution < -0.4 is 5.32 Å². The van der Waals surface area contributed by atoms with Gasteiger partial charge in [-0.2, -0.15) is 0 Å². The molecule has 2 heteroatoms. The van der Waals surface area contributed by atoms with Crippen LogP contribution in [0.3, 0.4) is 0 Å². The molecule has 0 radical (unpaired) electrons. The Kier molecular flexibility index (Phi) is 5.62. The first-order valence-corrected chi connectivity index (χ1v) is 6.55. The van der Waals surface area contributed by atoms with Gasteiger partial charge in [-0.05, 0) is 18.8 Å². The quantitative estimate of drug-likeness (QED) is 0.758. The zero-order valence-electron chi connectivity index (χ0n) is 10.8. The van der Waals surface area contributed by atoms with Crippen molar-refractivity contribution in [3.05, 3.63) is 0 Å². The summed E-state index contributed by atoms with van der Waals surface area (Å²) in [6, 6.07) is 1.26. The van der Waals surface area contributed by atoms with Crippen LogP contribution in [-0.2, 0) is 4.74 Å². The molecule has 2 nitrogen and oxygen atoms in total. The lowest BCUT2D eigenvalue weighted by atomic mass is 9.89. The van der Waals surface area contributed by atoms with E-state index in [0.29, 0.717) is 18.2 Å². The second-order valence-electron chi connectivity index (χ2n) is 5.03. The van der Waals surface area contributed by atoms with Gasteiger partial charge < -0.3 is 10.1 Å². The van der Waals surface area contributed by atoms with Crippen molar-refractivity contribution in [3.63, 3.8) is 0 Å². The first kappa shape index (κ1) is 13.0. The number of rotatable bonds is 5. The Hall–Kier alpha value is -0.0800. The molecule has 0 aromatic heterocycles. The summed E-state index contributed by atoms with van der Waals surface area (Å²) in [6.45, 7) is 9.93. The van der Waals surface area contributed by atoms with Crippen molar-refractivity contribution < 1.29 is 4.74 Å². The molecule has 0 spiro atoms. The normalized spacial score (nSPS) is 27.6. The second kappa shape index (κ2) is 6.49. The number of hydrogen-bond donors (Lipinski definition) is 1. The number of hydrogen-bond acceptors (Lipinski definition) is 2. The molecule has 1 saturated heterocycles. The Bertz CT molecular complexity index is 166. The van der Waals surface area contributed by atoms with E-state index >= 15 is 0 Å². The largest absolute Gasteiger partial charge is 0.378 e. The van der Waals surface area contributed by atoms with Gasteiger partial charge in [0.05, 0.1) is 6.10 Å². The fourth-order valence-electron chi connectivity index (χ4n) is 2.59. The van der Waals surface area contributed by atoms with E-state index in [-0.39, 0.29) is 0 Å². The average Bonchev–Trinajstić information content (AvgIpc) is 2.19. The van der Waals surface area contributed by atoms with Crippen LogP contribution in [0.4, 0.5) is 0 Å². The number of nitrogens with one attached hydrogen (secondary N) is 1. The predicted octanol–water partition coefficient (Wildman–Crippen LogP) is 2.97.